The van der Waals surface area contributed by atoms with Crippen LogP contribution in [0.15, 0.2) is 97.1 Å². The van der Waals surface area contributed by atoms with Gasteiger partial charge in [-0.05, 0) is 79.1 Å². The number of amides is 2. The Kier molecular flexibility index (Phi) is 10.5. The number of rotatable bonds is 5. The molecule has 5 aliphatic rings. The van der Waals surface area contributed by atoms with Gasteiger partial charge in [0.15, 0.2) is 11.6 Å². The molecule has 16 heteroatoms. The second kappa shape index (κ2) is 16.0. The van der Waals surface area contributed by atoms with Gasteiger partial charge < -0.3 is 25.8 Å². The van der Waals surface area contributed by atoms with Gasteiger partial charge in [0.25, 0.3) is 0 Å². The van der Waals surface area contributed by atoms with Crippen molar-refractivity contribution in [3.8, 4) is 22.5 Å². The minimum absolute atomic E-state index is 0.0595. The first-order chi connectivity index (χ1) is 28.9. The summed E-state index contributed by atoms with van der Waals surface area (Å²) >= 11 is 0. The lowest BCUT2D eigenvalue weighted by atomic mass is 10.1. The summed E-state index contributed by atoms with van der Waals surface area (Å²) < 4.78 is 78.4. The molecule has 0 radical (unpaired) electrons. The van der Waals surface area contributed by atoms with Gasteiger partial charge in [-0.2, -0.15) is 26.3 Å². The Balaban J connectivity index is 0.000000178. The number of piperazine rings is 1. The smallest absolute Gasteiger partial charge is 0.366 e. The zero-order valence-electron chi connectivity index (χ0n) is 32.5. The number of anilines is 5. The average molecular weight is 828 g/mol. The maximum Gasteiger partial charge on any atom is 0.416 e. The van der Waals surface area contributed by atoms with Crippen LogP contribution in [0.4, 0.5) is 59.8 Å². The molecule has 3 N–H and O–H groups in total. The molecule has 7 heterocycles. The number of carbonyl (C=O) groups is 1. The van der Waals surface area contributed by atoms with Gasteiger partial charge in [0.1, 0.15) is 0 Å². The van der Waals surface area contributed by atoms with Crippen molar-refractivity contribution in [2.75, 3.05) is 77.7 Å². The lowest BCUT2D eigenvalue weighted by Gasteiger charge is -2.36. The van der Waals surface area contributed by atoms with Crippen molar-refractivity contribution in [1.29, 1.82) is 0 Å². The van der Waals surface area contributed by atoms with Crippen LogP contribution < -0.4 is 30.7 Å². The van der Waals surface area contributed by atoms with Crippen molar-refractivity contribution >= 4 is 34.7 Å². The average Bonchev–Trinajstić information content (AvgIpc) is 3.84. The summed E-state index contributed by atoms with van der Waals surface area (Å²) in [4.78, 5) is 31.4. The highest BCUT2D eigenvalue weighted by molar-refractivity contribution is 6.04. The quantitative estimate of drug-likeness (QED) is 0.152. The van der Waals surface area contributed by atoms with E-state index in [0.717, 1.165) is 112 Å². The summed E-state index contributed by atoms with van der Waals surface area (Å²) in [5.74, 6) is 1.24. The Bertz CT molecular complexity index is 2380. The fraction of sp³-hybridized carbons (Fsp3) is 0.341. The van der Waals surface area contributed by atoms with Gasteiger partial charge in [0.05, 0.1) is 39.9 Å². The molecule has 5 aromatic rings. The van der Waals surface area contributed by atoms with Crippen LogP contribution >= 0.6 is 0 Å². The Hall–Kier alpha value is -5.87. The zero-order valence-corrected chi connectivity index (χ0v) is 32.5. The van der Waals surface area contributed by atoms with Crippen molar-refractivity contribution in [3.63, 3.8) is 0 Å². The summed E-state index contributed by atoms with van der Waals surface area (Å²) in [5, 5.41) is 9.77. The number of halogens is 6. The van der Waals surface area contributed by atoms with Crippen molar-refractivity contribution in [2.45, 2.75) is 43.8 Å². The van der Waals surface area contributed by atoms with Gasteiger partial charge in [-0.3, -0.25) is 9.80 Å². The standard InChI is InChI=1S/C28H29F3N6O.C16H14F3N3/c29-28(30,31)21-5-2-4-20(16-21)24-7-8-25-26(34-24)37(23-9-12-36(25)18-23)27(38)33-22-6-1-3-19(15-22)17-35-13-10-32-11-14-35;17-16(18,19)11-3-1-2-10(8-11)13-4-5-14-15(21-13)20-12-6-7-22(14)9-12/h1-8,15-16,23,32H,9-14,17-18H2,(H,33,38);1-5,8,12H,6-7,9H2,(H,20,21)/t23-;12-/m00/s1. The van der Waals surface area contributed by atoms with Crippen LogP contribution in [0.25, 0.3) is 22.5 Å². The number of fused-ring (bicyclic) bond motifs is 8. The Morgan fingerprint density at radius 3 is 2.03 bits per heavy atom. The number of alkyl halides is 6. The molecule has 3 aromatic carbocycles. The number of hydrogen-bond donors (Lipinski definition) is 3. The highest BCUT2D eigenvalue weighted by Gasteiger charge is 2.41. The summed E-state index contributed by atoms with van der Waals surface area (Å²) in [5.41, 5.74) is 4.09. The van der Waals surface area contributed by atoms with Crippen LogP contribution in [0.1, 0.15) is 29.5 Å². The largest absolute Gasteiger partial charge is 0.416 e. The maximum absolute atomic E-state index is 13.6. The minimum Gasteiger partial charge on any atom is -0.366 e. The van der Waals surface area contributed by atoms with Gasteiger partial charge in [0, 0.05) is 81.8 Å². The lowest BCUT2D eigenvalue weighted by molar-refractivity contribution is -0.138. The predicted molar refractivity (Wildman–Crippen MR) is 220 cm³/mol. The van der Waals surface area contributed by atoms with Crippen LogP contribution in [0.5, 0.6) is 0 Å². The van der Waals surface area contributed by atoms with E-state index in [1.807, 2.05) is 30.3 Å². The van der Waals surface area contributed by atoms with E-state index in [1.54, 1.807) is 29.2 Å². The molecule has 0 unspecified atom stereocenters. The number of benzene rings is 3. The molecule has 10 rings (SSSR count). The Labute approximate surface area is 343 Å². The normalized spacial score (nSPS) is 19.5. The molecule has 3 fully saturated rings. The molecule has 4 bridgehead atoms. The number of aromatic nitrogens is 2. The van der Waals surface area contributed by atoms with E-state index in [0.29, 0.717) is 46.6 Å². The Morgan fingerprint density at radius 1 is 0.700 bits per heavy atom. The van der Waals surface area contributed by atoms with E-state index < -0.39 is 23.5 Å². The number of nitrogens with one attached hydrogen (secondary N) is 3. The number of hydrogen-bond acceptors (Lipinski definition) is 8. The van der Waals surface area contributed by atoms with Gasteiger partial charge >= 0.3 is 18.4 Å². The molecule has 60 heavy (non-hydrogen) atoms. The summed E-state index contributed by atoms with van der Waals surface area (Å²) in [6.45, 7) is 8.19. The molecular formula is C44H43F6N9O. The molecule has 312 valence electrons. The third-order valence-corrected chi connectivity index (χ3v) is 11.7. The topological polar surface area (TPSA) is 91.9 Å². The summed E-state index contributed by atoms with van der Waals surface area (Å²) in [7, 11) is 0. The first-order valence-electron chi connectivity index (χ1n) is 20.1. The van der Waals surface area contributed by atoms with Crippen molar-refractivity contribution < 1.29 is 31.1 Å². The first-order valence-corrected chi connectivity index (χ1v) is 20.1. The maximum atomic E-state index is 13.6. The minimum atomic E-state index is -4.44. The third-order valence-electron chi connectivity index (χ3n) is 11.7. The number of carbonyl (C=O) groups excluding carboxylic acids is 1. The lowest BCUT2D eigenvalue weighted by Crippen LogP contribution is -2.48. The molecule has 5 aliphatic heterocycles. The molecular weight excluding hydrogens is 785 g/mol. The van der Waals surface area contributed by atoms with Gasteiger partial charge in [0.2, 0.25) is 0 Å². The monoisotopic (exact) mass is 827 g/mol. The predicted octanol–water partition coefficient (Wildman–Crippen LogP) is 8.58. The molecule has 0 aliphatic carbocycles. The summed E-state index contributed by atoms with van der Waals surface area (Å²) in [6, 6.07) is 25.6. The zero-order chi connectivity index (χ0) is 41.6. The van der Waals surface area contributed by atoms with Crippen molar-refractivity contribution in [2.24, 2.45) is 0 Å². The van der Waals surface area contributed by atoms with Gasteiger partial charge in [-0.25, -0.2) is 14.8 Å². The second-order valence-electron chi connectivity index (χ2n) is 15.8. The summed E-state index contributed by atoms with van der Waals surface area (Å²) in [6.07, 6.45) is -6.92. The van der Waals surface area contributed by atoms with E-state index >= 15 is 0 Å². The third kappa shape index (κ3) is 8.30. The molecule has 2 aromatic heterocycles. The molecule has 2 amide bonds. The highest BCUT2D eigenvalue weighted by Crippen LogP contribution is 2.42. The number of urea groups is 1. The number of pyridine rings is 2. The van der Waals surface area contributed by atoms with E-state index in [2.05, 4.69) is 41.7 Å². The second-order valence-corrected chi connectivity index (χ2v) is 15.8. The van der Waals surface area contributed by atoms with E-state index in [1.165, 1.54) is 12.1 Å². The Morgan fingerprint density at radius 2 is 1.33 bits per heavy atom. The van der Waals surface area contributed by atoms with Gasteiger partial charge in [-0.15, -0.1) is 0 Å². The van der Waals surface area contributed by atoms with Crippen LogP contribution in [0, 0.1) is 0 Å². The van der Waals surface area contributed by atoms with E-state index in [9.17, 15) is 31.1 Å². The van der Waals surface area contributed by atoms with Crippen LogP contribution in [-0.2, 0) is 18.9 Å². The SMILES string of the molecule is FC(F)(F)c1cccc(-c2ccc3c(n2)N[C@H]2CCN3C2)c1.O=C(Nc1cccc(CN2CCNCC2)c1)N1c2nc(-c3cccc(C(F)(F)F)c3)ccc2N2CC[C@H]1C2. The van der Waals surface area contributed by atoms with Crippen LogP contribution in [0.3, 0.4) is 0 Å². The van der Waals surface area contributed by atoms with Crippen molar-refractivity contribution in [1.82, 2.24) is 20.2 Å². The van der Waals surface area contributed by atoms with Crippen LogP contribution in [-0.4, -0.2) is 85.3 Å². The first kappa shape index (κ1) is 39.6. The highest BCUT2D eigenvalue weighted by atomic mass is 19.4. The van der Waals surface area contributed by atoms with Crippen molar-refractivity contribution in [3.05, 3.63) is 114 Å². The van der Waals surface area contributed by atoms with Crippen LogP contribution in [0.2, 0.25) is 0 Å². The van der Waals surface area contributed by atoms with E-state index in [-0.39, 0.29) is 12.1 Å². The van der Waals surface area contributed by atoms with E-state index in [4.69, 9.17) is 4.98 Å². The molecule has 2 atom stereocenters. The number of nitrogens with zero attached hydrogens (tertiary/aromatic N) is 6. The van der Waals surface area contributed by atoms with Gasteiger partial charge in [-0.1, -0.05) is 36.4 Å². The fourth-order valence-corrected chi connectivity index (χ4v) is 8.66. The fourth-order valence-electron chi connectivity index (χ4n) is 8.66. The molecule has 0 spiro atoms. The molecule has 3 saturated heterocycles. The molecule has 0 saturated carbocycles. The molecule has 10 nitrogen and oxygen atoms in total.